The van der Waals surface area contributed by atoms with Crippen LogP contribution in [-0.2, 0) is 46.6 Å². The van der Waals surface area contributed by atoms with Crippen molar-refractivity contribution in [3.05, 3.63) is 71.8 Å². The first-order chi connectivity index (χ1) is 18.9. The van der Waals surface area contributed by atoms with Crippen molar-refractivity contribution >= 4 is 29.8 Å². The van der Waals surface area contributed by atoms with Crippen LogP contribution in [0.2, 0.25) is 0 Å². The Morgan fingerprint density at radius 2 is 1.18 bits per heavy atom. The van der Waals surface area contributed by atoms with Crippen LogP contribution in [0.1, 0.15) is 57.6 Å². The predicted molar refractivity (Wildman–Crippen MR) is 145 cm³/mol. The summed E-state index contributed by atoms with van der Waals surface area (Å²) < 4.78 is 15.7. The summed E-state index contributed by atoms with van der Waals surface area (Å²) in [4.78, 5) is 61.9. The summed E-state index contributed by atoms with van der Waals surface area (Å²) in [6.45, 7) is 5.09. The molecular weight excluding hydrogens is 518 g/mol. The number of nitrogens with one attached hydrogen (secondary N) is 2. The largest absolute Gasteiger partial charge is 0.461 e. The molecule has 11 nitrogen and oxygen atoms in total. The maximum absolute atomic E-state index is 13.0. The number of nitrogens with two attached hydrogens (primary N) is 1. The molecule has 0 saturated carbocycles. The maximum atomic E-state index is 13.0. The maximum Gasteiger partial charge on any atom is 0.408 e. The number of benzene rings is 2. The Bertz CT molecular complexity index is 1130. The van der Waals surface area contributed by atoms with Crippen LogP contribution in [0.5, 0.6) is 0 Å². The first kappa shape index (κ1) is 31.8. The molecule has 0 spiro atoms. The van der Waals surface area contributed by atoms with Gasteiger partial charge in [0.2, 0.25) is 11.8 Å². The highest BCUT2D eigenvalue weighted by atomic mass is 16.6. The van der Waals surface area contributed by atoms with Gasteiger partial charge in [0, 0.05) is 12.8 Å². The molecule has 0 heterocycles. The van der Waals surface area contributed by atoms with Crippen LogP contribution in [0.4, 0.5) is 4.79 Å². The third-order valence-electron chi connectivity index (χ3n) is 5.43. The monoisotopic (exact) mass is 555 g/mol. The fourth-order valence-electron chi connectivity index (χ4n) is 3.42. The Morgan fingerprint density at radius 1 is 0.725 bits per heavy atom. The lowest BCUT2D eigenvalue weighted by Gasteiger charge is -2.24. The second kappa shape index (κ2) is 15.9. The number of hydrogen-bond acceptors (Lipinski definition) is 8. The van der Waals surface area contributed by atoms with Gasteiger partial charge in [-0.1, -0.05) is 60.7 Å². The molecule has 0 radical (unpaired) electrons. The highest BCUT2D eigenvalue weighted by Crippen LogP contribution is 2.10. The zero-order valence-corrected chi connectivity index (χ0v) is 23.0. The minimum Gasteiger partial charge on any atom is -0.461 e. The van der Waals surface area contributed by atoms with Gasteiger partial charge in [-0.25, -0.2) is 4.79 Å². The molecule has 11 heteroatoms. The number of carbonyl (C=O) groups is 5. The van der Waals surface area contributed by atoms with Crippen LogP contribution < -0.4 is 16.4 Å². The molecule has 3 amide bonds. The Morgan fingerprint density at radius 3 is 1.60 bits per heavy atom. The fraction of sp³-hybridized carbons (Fsp3) is 0.414. The van der Waals surface area contributed by atoms with E-state index < -0.39 is 47.5 Å². The molecule has 0 aliphatic rings. The number of amides is 3. The lowest BCUT2D eigenvalue weighted by Crippen LogP contribution is -2.53. The molecule has 2 aromatic rings. The van der Waals surface area contributed by atoms with E-state index in [2.05, 4.69) is 10.6 Å². The van der Waals surface area contributed by atoms with Crippen molar-refractivity contribution in [3.63, 3.8) is 0 Å². The fourth-order valence-corrected chi connectivity index (χ4v) is 3.42. The minimum atomic E-state index is -1.24. The quantitative estimate of drug-likeness (QED) is 0.237. The van der Waals surface area contributed by atoms with Gasteiger partial charge in [0.15, 0.2) is 0 Å². The van der Waals surface area contributed by atoms with Gasteiger partial charge in [0.25, 0.3) is 0 Å². The summed E-state index contributed by atoms with van der Waals surface area (Å²) in [6.07, 6.45) is -1.52. The molecule has 0 saturated heterocycles. The average Bonchev–Trinajstić information content (AvgIpc) is 2.90. The minimum absolute atomic E-state index is 0.0557. The van der Waals surface area contributed by atoms with Crippen LogP contribution in [0.25, 0.3) is 0 Å². The Balaban J connectivity index is 1.95. The van der Waals surface area contributed by atoms with Gasteiger partial charge < -0.3 is 30.6 Å². The third kappa shape index (κ3) is 12.9. The van der Waals surface area contributed by atoms with Crippen molar-refractivity contribution in [2.45, 2.75) is 77.4 Å². The van der Waals surface area contributed by atoms with E-state index in [1.807, 2.05) is 36.4 Å². The molecule has 0 bridgehead atoms. The van der Waals surface area contributed by atoms with Gasteiger partial charge in [-0.3, -0.25) is 19.2 Å². The van der Waals surface area contributed by atoms with Crippen LogP contribution in [-0.4, -0.2) is 47.5 Å². The lowest BCUT2D eigenvalue weighted by atomic mass is 10.1. The van der Waals surface area contributed by atoms with Crippen LogP contribution in [0, 0.1) is 0 Å². The third-order valence-corrected chi connectivity index (χ3v) is 5.43. The molecule has 40 heavy (non-hydrogen) atoms. The SMILES string of the molecule is CC(C)(C)OC(=O)N[C@H](CCC(=O)OCc1ccccc1)C(=O)N[C@@H](CCC(=O)OCc1ccccc1)C(N)=O. The van der Waals surface area contributed by atoms with Gasteiger partial charge >= 0.3 is 18.0 Å². The molecule has 216 valence electrons. The zero-order valence-electron chi connectivity index (χ0n) is 23.0. The van der Waals surface area contributed by atoms with E-state index in [4.69, 9.17) is 19.9 Å². The highest BCUT2D eigenvalue weighted by molar-refractivity contribution is 5.91. The Kier molecular flexibility index (Phi) is 12.6. The molecule has 0 aliphatic heterocycles. The van der Waals surface area contributed by atoms with E-state index in [1.54, 1.807) is 45.0 Å². The molecule has 2 atom stereocenters. The standard InChI is InChI=1S/C29H37N3O8/c1-29(2,3)40-28(37)32-23(15-17-25(34)39-19-21-12-8-5-9-13-21)27(36)31-22(26(30)35)14-16-24(33)38-18-20-10-6-4-7-11-20/h4-13,22-23H,14-19H2,1-3H3,(H2,30,35)(H,31,36)(H,32,37)/t22-,23+/m0/s1. The van der Waals surface area contributed by atoms with Crippen LogP contribution in [0.15, 0.2) is 60.7 Å². The average molecular weight is 556 g/mol. The molecule has 0 fully saturated rings. The van der Waals surface area contributed by atoms with E-state index in [0.717, 1.165) is 11.1 Å². The number of alkyl carbamates (subject to hydrolysis) is 1. The number of rotatable bonds is 14. The van der Waals surface area contributed by atoms with Crippen molar-refractivity contribution < 1.29 is 38.2 Å². The van der Waals surface area contributed by atoms with E-state index >= 15 is 0 Å². The smallest absolute Gasteiger partial charge is 0.408 e. The number of hydrogen-bond donors (Lipinski definition) is 3. The van der Waals surface area contributed by atoms with E-state index in [1.165, 1.54) is 0 Å². The number of ether oxygens (including phenoxy) is 3. The second-order valence-corrected chi connectivity index (χ2v) is 10.0. The van der Waals surface area contributed by atoms with Gasteiger partial charge in [0.1, 0.15) is 30.9 Å². The summed E-state index contributed by atoms with van der Waals surface area (Å²) >= 11 is 0. The molecule has 2 aromatic carbocycles. The van der Waals surface area contributed by atoms with Gasteiger partial charge in [-0.2, -0.15) is 0 Å². The first-order valence-electron chi connectivity index (χ1n) is 12.9. The van der Waals surface area contributed by atoms with Gasteiger partial charge in [0.05, 0.1) is 0 Å². The topological polar surface area (TPSA) is 163 Å². The van der Waals surface area contributed by atoms with Crippen molar-refractivity contribution in [2.24, 2.45) is 5.73 Å². The lowest BCUT2D eigenvalue weighted by molar-refractivity contribution is -0.146. The molecule has 4 N–H and O–H groups in total. The predicted octanol–water partition coefficient (Wildman–Crippen LogP) is 2.90. The van der Waals surface area contributed by atoms with E-state index in [-0.39, 0.29) is 38.9 Å². The summed E-state index contributed by atoms with van der Waals surface area (Å²) in [5, 5.41) is 4.88. The normalized spacial score (nSPS) is 12.4. The highest BCUT2D eigenvalue weighted by Gasteiger charge is 2.28. The van der Waals surface area contributed by atoms with E-state index in [9.17, 15) is 24.0 Å². The summed E-state index contributed by atoms with van der Waals surface area (Å²) in [5.74, 6) is -2.81. The Hall–Kier alpha value is -4.41. The number of primary amides is 1. The molecule has 0 unspecified atom stereocenters. The van der Waals surface area contributed by atoms with Crippen molar-refractivity contribution in [1.29, 1.82) is 0 Å². The van der Waals surface area contributed by atoms with Crippen molar-refractivity contribution in [1.82, 2.24) is 10.6 Å². The van der Waals surface area contributed by atoms with Crippen molar-refractivity contribution in [3.8, 4) is 0 Å². The molecule has 0 aromatic heterocycles. The van der Waals surface area contributed by atoms with Crippen LogP contribution in [0.3, 0.4) is 0 Å². The molecule has 0 aliphatic carbocycles. The molecular formula is C29H37N3O8. The summed E-state index contributed by atoms with van der Waals surface area (Å²) in [7, 11) is 0. The van der Waals surface area contributed by atoms with Gasteiger partial charge in [-0.05, 0) is 44.7 Å². The number of carbonyl (C=O) groups excluding carboxylic acids is 5. The summed E-state index contributed by atoms with van der Waals surface area (Å²) in [6, 6.07) is 15.7. The second-order valence-electron chi connectivity index (χ2n) is 10.0. The summed E-state index contributed by atoms with van der Waals surface area (Å²) in [5.41, 5.74) is 6.20. The Labute approximate surface area is 233 Å². The number of esters is 2. The van der Waals surface area contributed by atoms with E-state index in [0.29, 0.717) is 0 Å². The van der Waals surface area contributed by atoms with Gasteiger partial charge in [-0.15, -0.1) is 0 Å². The van der Waals surface area contributed by atoms with Crippen LogP contribution >= 0.6 is 0 Å². The molecule has 2 rings (SSSR count). The first-order valence-corrected chi connectivity index (χ1v) is 12.9. The van der Waals surface area contributed by atoms with Crippen molar-refractivity contribution in [2.75, 3.05) is 0 Å². The zero-order chi connectivity index (χ0) is 29.5.